The first kappa shape index (κ1) is 25.2. The van der Waals surface area contributed by atoms with Gasteiger partial charge in [0.2, 0.25) is 0 Å². The number of aromatic nitrogens is 3. The lowest BCUT2D eigenvalue weighted by atomic mass is 9.90. The molecule has 2 aliphatic rings. The lowest BCUT2D eigenvalue weighted by molar-refractivity contribution is 0.102. The number of piperidine rings is 2. The number of hydrogen-bond acceptors (Lipinski definition) is 7. The molecule has 0 bridgehead atoms. The van der Waals surface area contributed by atoms with Crippen molar-refractivity contribution in [1.29, 1.82) is 0 Å². The Morgan fingerprint density at radius 3 is 2.51 bits per heavy atom. The first-order chi connectivity index (χ1) is 19.0. The molecule has 3 N–H and O–H groups in total. The van der Waals surface area contributed by atoms with Gasteiger partial charge in [0.1, 0.15) is 5.69 Å². The highest BCUT2D eigenvalue weighted by atomic mass is 16.1. The number of nitrogens with one attached hydrogen (secondary N) is 1. The summed E-state index contributed by atoms with van der Waals surface area (Å²) in [5, 5.41) is 4.07. The van der Waals surface area contributed by atoms with E-state index in [-0.39, 0.29) is 11.9 Å². The highest BCUT2D eigenvalue weighted by Crippen LogP contribution is 2.32. The van der Waals surface area contributed by atoms with E-state index in [9.17, 15) is 4.79 Å². The van der Waals surface area contributed by atoms with Gasteiger partial charge in [0.15, 0.2) is 0 Å². The third kappa shape index (κ3) is 5.56. The van der Waals surface area contributed by atoms with E-state index < -0.39 is 0 Å². The van der Waals surface area contributed by atoms with Crippen molar-refractivity contribution in [2.24, 2.45) is 11.7 Å². The van der Waals surface area contributed by atoms with E-state index in [0.717, 1.165) is 67.7 Å². The van der Waals surface area contributed by atoms with E-state index in [0.29, 0.717) is 23.2 Å². The second kappa shape index (κ2) is 11.0. The van der Waals surface area contributed by atoms with Gasteiger partial charge in [0.25, 0.3) is 5.91 Å². The molecule has 2 atom stereocenters. The second-order valence-electron chi connectivity index (χ2n) is 11.0. The number of pyridine rings is 3. The molecule has 39 heavy (non-hydrogen) atoms. The van der Waals surface area contributed by atoms with Gasteiger partial charge in [0, 0.05) is 61.9 Å². The molecule has 2 aliphatic heterocycles. The van der Waals surface area contributed by atoms with Crippen molar-refractivity contribution in [3.8, 4) is 0 Å². The molecule has 0 radical (unpaired) electrons. The molecule has 200 valence electrons. The Hall–Kier alpha value is -4.04. The fourth-order valence-electron chi connectivity index (χ4n) is 6.08. The molecule has 0 saturated carbocycles. The van der Waals surface area contributed by atoms with E-state index >= 15 is 0 Å². The summed E-state index contributed by atoms with van der Waals surface area (Å²) >= 11 is 0. The number of carbonyl (C=O) groups excluding carboxylic acids is 1. The molecule has 5 heterocycles. The van der Waals surface area contributed by atoms with Crippen molar-refractivity contribution in [2.75, 3.05) is 41.3 Å². The lowest BCUT2D eigenvalue weighted by Crippen LogP contribution is -2.46. The van der Waals surface area contributed by atoms with Crippen LogP contribution in [0.5, 0.6) is 0 Å². The molecule has 0 spiro atoms. The smallest absolute Gasteiger partial charge is 0.274 e. The van der Waals surface area contributed by atoms with Crippen molar-refractivity contribution in [2.45, 2.75) is 38.1 Å². The SMILES string of the molecule is CC1CC(N)CN(c2ccncc2NC(=O)c2ccc3ccc(N4CCC(c5ccncc5)CC4)cc3n2)C1. The first-order valence-electron chi connectivity index (χ1n) is 13.8. The van der Waals surface area contributed by atoms with E-state index in [1.807, 2.05) is 24.5 Å². The van der Waals surface area contributed by atoms with Crippen LogP contribution >= 0.6 is 0 Å². The maximum Gasteiger partial charge on any atom is 0.274 e. The lowest BCUT2D eigenvalue weighted by Gasteiger charge is -2.37. The summed E-state index contributed by atoms with van der Waals surface area (Å²) in [4.78, 5) is 31.1. The number of nitrogens with two attached hydrogens (primary N) is 1. The Labute approximate surface area is 229 Å². The molecular formula is C31H35N7O. The minimum Gasteiger partial charge on any atom is -0.371 e. The van der Waals surface area contributed by atoms with E-state index in [2.05, 4.69) is 62.3 Å². The average Bonchev–Trinajstić information content (AvgIpc) is 2.97. The van der Waals surface area contributed by atoms with Crippen molar-refractivity contribution in [1.82, 2.24) is 15.0 Å². The van der Waals surface area contributed by atoms with Gasteiger partial charge in [-0.05, 0) is 73.1 Å². The van der Waals surface area contributed by atoms with Crippen LogP contribution in [0.15, 0.2) is 73.3 Å². The zero-order valence-electron chi connectivity index (χ0n) is 22.3. The predicted molar refractivity (Wildman–Crippen MR) is 156 cm³/mol. The summed E-state index contributed by atoms with van der Waals surface area (Å²) in [6.45, 7) is 5.84. The number of fused-ring (bicyclic) bond motifs is 1. The van der Waals surface area contributed by atoms with Crippen LogP contribution in [0, 0.1) is 5.92 Å². The largest absolute Gasteiger partial charge is 0.371 e. The number of rotatable bonds is 5. The van der Waals surface area contributed by atoms with Gasteiger partial charge in [0.05, 0.1) is 23.1 Å². The third-order valence-electron chi connectivity index (χ3n) is 8.02. The van der Waals surface area contributed by atoms with Gasteiger partial charge in [-0.1, -0.05) is 19.1 Å². The van der Waals surface area contributed by atoms with Crippen LogP contribution in [-0.4, -0.2) is 53.1 Å². The summed E-state index contributed by atoms with van der Waals surface area (Å²) in [6, 6.07) is 16.4. The molecule has 2 fully saturated rings. The minimum atomic E-state index is -0.246. The van der Waals surface area contributed by atoms with Crippen LogP contribution in [0.3, 0.4) is 0 Å². The molecule has 0 aliphatic carbocycles. The van der Waals surface area contributed by atoms with Gasteiger partial charge >= 0.3 is 0 Å². The fraction of sp³-hybridized carbons (Fsp3) is 0.355. The Morgan fingerprint density at radius 1 is 0.949 bits per heavy atom. The van der Waals surface area contributed by atoms with E-state index in [1.165, 1.54) is 5.56 Å². The van der Waals surface area contributed by atoms with Crippen molar-refractivity contribution in [3.63, 3.8) is 0 Å². The summed E-state index contributed by atoms with van der Waals surface area (Å²) < 4.78 is 0. The van der Waals surface area contributed by atoms with Crippen molar-refractivity contribution >= 4 is 33.9 Å². The molecule has 8 heteroatoms. The topological polar surface area (TPSA) is 100 Å². The van der Waals surface area contributed by atoms with Crippen LogP contribution in [-0.2, 0) is 0 Å². The molecule has 4 aromatic rings. The predicted octanol–water partition coefficient (Wildman–Crippen LogP) is 4.83. The zero-order valence-corrected chi connectivity index (χ0v) is 22.3. The number of nitrogens with zero attached hydrogens (tertiary/aromatic N) is 5. The average molecular weight is 522 g/mol. The quantitative estimate of drug-likeness (QED) is 0.388. The minimum absolute atomic E-state index is 0.114. The van der Waals surface area contributed by atoms with Crippen LogP contribution < -0.4 is 20.9 Å². The highest BCUT2D eigenvalue weighted by Gasteiger charge is 2.25. The molecular weight excluding hydrogens is 486 g/mol. The monoisotopic (exact) mass is 521 g/mol. The van der Waals surface area contributed by atoms with Gasteiger partial charge in [-0.15, -0.1) is 0 Å². The van der Waals surface area contributed by atoms with Crippen LogP contribution in [0.1, 0.15) is 48.2 Å². The molecule has 2 saturated heterocycles. The second-order valence-corrected chi connectivity index (χ2v) is 11.0. The number of amides is 1. The Balaban J connectivity index is 1.18. The third-order valence-corrected chi connectivity index (χ3v) is 8.02. The van der Waals surface area contributed by atoms with Gasteiger partial charge in [-0.25, -0.2) is 4.98 Å². The highest BCUT2D eigenvalue weighted by molar-refractivity contribution is 6.05. The summed E-state index contributed by atoms with van der Waals surface area (Å²) in [7, 11) is 0. The van der Waals surface area contributed by atoms with E-state index in [4.69, 9.17) is 10.7 Å². The maximum atomic E-state index is 13.3. The molecule has 2 unspecified atom stereocenters. The number of carbonyl (C=O) groups is 1. The Kier molecular flexibility index (Phi) is 7.11. The van der Waals surface area contributed by atoms with Crippen molar-refractivity contribution < 1.29 is 4.79 Å². The Bertz CT molecular complexity index is 1440. The molecule has 6 rings (SSSR count). The first-order valence-corrected chi connectivity index (χ1v) is 13.8. The summed E-state index contributed by atoms with van der Waals surface area (Å²) in [5.74, 6) is 0.812. The number of benzene rings is 1. The zero-order chi connectivity index (χ0) is 26.8. The molecule has 3 aromatic heterocycles. The normalized spacial score (nSPS) is 20.3. The number of anilines is 3. The molecule has 1 aromatic carbocycles. The Morgan fingerprint density at radius 2 is 1.72 bits per heavy atom. The van der Waals surface area contributed by atoms with Gasteiger partial charge in [-0.2, -0.15) is 0 Å². The van der Waals surface area contributed by atoms with Crippen LogP contribution in [0.2, 0.25) is 0 Å². The fourth-order valence-corrected chi connectivity index (χ4v) is 6.08. The summed E-state index contributed by atoms with van der Waals surface area (Å²) in [6.07, 6.45) is 10.4. The maximum absolute atomic E-state index is 13.3. The standard InChI is InChI=1S/C31H35N7O/c1-21-16-25(32)20-38(19-21)30-8-13-34-18-29(30)36-31(39)27-5-3-24-2-4-26(17-28(24)35-27)37-14-9-23(10-15-37)22-6-11-33-12-7-22/h2-8,11-13,17-18,21,23,25H,9-10,14-16,19-20,32H2,1H3,(H,36,39). The molecule has 1 amide bonds. The molecule has 8 nitrogen and oxygen atoms in total. The summed E-state index contributed by atoms with van der Waals surface area (Å²) in [5.41, 5.74) is 11.6. The number of hydrogen-bond donors (Lipinski definition) is 2. The van der Waals surface area contributed by atoms with Gasteiger partial charge in [-0.3, -0.25) is 14.8 Å². The van der Waals surface area contributed by atoms with Crippen LogP contribution in [0.25, 0.3) is 10.9 Å². The van der Waals surface area contributed by atoms with Gasteiger partial charge < -0.3 is 20.9 Å². The van der Waals surface area contributed by atoms with E-state index in [1.54, 1.807) is 18.5 Å². The van der Waals surface area contributed by atoms with Crippen LogP contribution in [0.4, 0.5) is 17.1 Å². The van der Waals surface area contributed by atoms with Crippen molar-refractivity contribution in [3.05, 3.63) is 84.6 Å².